The monoisotopic (exact) mass is 440 g/mol. The van der Waals surface area contributed by atoms with Crippen molar-refractivity contribution in [3.05, 3.63) is 53.6 Å². The average molecular weight is 441 g/mol. The quantitative estimate of drug-likeness (QED) is 0.573. The van der Waals surface area contributed by atoms with Crippen molar-refractivity contribution >= 4 is 11.7 Å². The molecule has 1 N–H and O–H groups in total. The largest absolute Gasteiger partial charge is 0.497 e. The molecule has 1 heterocycles. The number of carbonyl (C=O) groups excluding carboxylic acids is 2. The van der Waals surface area contributed by atoms with E-state index in [1.54, 1.807) is 21.3 Å². The molecule has 1 saturated heterocycles. The van der Waals surface area contributed by atoms with E-state index in [0.29, 0.717) is 31.0 Å². The summed E-state index contributed by atoms with van der Waals surface area (Å²) < 4.78 is 15.7. The third kappa shape index (κ3) is 6.23. The molecule has 1 aliphatic rings. The van der Waals surface area contributed by atoms with Crippen LogP contribution in [0.5, 0.6) is 17.2 Å². The second-order valence-corrected chi connectivity index (χ2v) is 7.93. The van der Waals surface area contributed by atoms with E-state index in [2.05, 4.69) is 10.2 Å². The second kappa shape index (κ2) is 11.5. The first kappa shape index (κ1) is 23.6. The molecule has 0 spiro atoms. The lowest BCUT2D eigenvalue weighted by atomic mass is 9.89. The van der Waals surface area contributed by atoms with Gasteiger partial charge in [-0.15, -0.1) is 0 Å². The van der Waals surface area contributed by atoms with Crippen LogP contribution < -0.4 is 19.5 Å². The number of Topliss-reactive ketones (excluding diaryl/α,β-unsaturated/α-hetero) is 1. The van der Waals surface area contributed by atoms with E-state index in [4.69, 9.17) is 14.2 Å². The van der Waals surface area contributed by atoms with Gasteiger partial charge in [-0.25, -0.2) is 0 Å². The lowest BCUT2D eigenvalue weighted by Crippen LogP contribution is -2.43. The molecule has 7 nitrogen and oxygen atoms in total. The van der Waals surface area contributed by atoms with Gasteiger partial charge < -0.3 is 19.5 Å². The fourth-order valence-corrected chi connectivity index (χ4v) is 3.99. The molecular formula is C25H32N2O5. The minimum atomic E-state index is 0.00501. The van der Waals surface area contributed by atoms with E-state index in [1.165, 1.54) is 0 Å². The molecule has 0 aliphatic carbocycles. The Morgan fingerprint density at radius 2 is 1.62 bits per heavy atom. The maximum atomic E-state index is 12.7. The molecule has 2 aromatic carbocycles. The number of benzene rings is 2. The molecule has 7 heteroatoms. The maximum absolute atomic E-state index is 12.7. The standard InChI is InChI=1S/C25H32N2O5/c1-30-21-7-5-19(6-8-21)25(29)20-11-14-27(15-12-20)17-24(28)26-13-10-18-4-9-22(31-2)23(16-18)32-3/h4-9,16,20H,10-15,17H2,1-3H3,(H,26,28). The molecule has 0 radical (unpaired) electrons. The van der Waals surface area contributed by atoms with E-state index < -0.39 is 0 Å². The van der Waals surface area contributed by atoms with Gasteiger partial charge in [-0.2, -0.15) is 0 Å². The summed E-state index contributed by atoms with van der Waals surface area (Å²) in [5.74, 6) is 2.30. The maximum Gasteiger partial charge on any atom is 0.234 e. The van der Waals surface area contributed by atoms with E-state index in [9.17, 15) is 9.59 Å². The highest BCUT2D eigenvalue weighted by molar-refractivity contribution is 5.98. The molecule has 172 valence electrons. The fraction of sp³-hybridized carbons (Fsp3) is 0.440. The number of hydrogen-bond donors (Lipinski definition) is 1. The van der Waals surface area contributed by atoms with Gasteiger partial charge in [-0.3, -0.25) is 14.5 Å². The van der Waals surface area contributed by atoms with Crippen LogP contribution in [0.4, 0.5) is 0 Å². The third-order valence-corrected chi connectivity index (χ3v) is 5.88. The van der Waals surface area contributed by atoms with Crippen molar-refractivity contribution in [2.24, 2.45) is 5.92 Å². The highest BCUT2D eigenvalue weighted by Gasteiger charge is 2.26. The van der Waals surface area contributed by atoms with Crippen molar-refractivity contribution in [1.82, 2.24) is 10.2 Å². The minimum Gasteiger partial charge on any atom is -0.497 e. The lowest BCUT2D eigenvalue weighted by molar-refractivity contribution is -0.122. The summed E-state index contributed by atoms with van der Waals surface area (Å²) in [5.41, 5.74) is 1.79. The molecule has 0 saturated carbocycles. The summed E-state index contributed by atoms with van der Waals surface area (Å²) in [6.45, 7) is 2.40. The van der Waals surface area contributed by atoms with Crippen LogP contribution in [0, 0.1) is 5.92 Å². The van der Waals surface area contributed by atoms with Crippen LogP contribution in [0.25, 0.3) is 0 Å². The van der Waals surface area contributed by atoms with Crippen molar-refractivity contribution in [2.45, 2.75) is 19.3 Å². The highest BCUT2D eigenvalue weighted by Crippen LogP contribution is 2.27. The van der Waals surface area contributed by atoms with Crippen LogP contribution in [0.15, 0.2) is 42.5 Å². The summed E-state index contributed by atoms with van der Waals surface area (Å²) in [6, 6.07) is 13.0. The Balaban J connectivity index is 1.39. The van der Waals surface area contributed by atoms with Crippen LogP contribution in [-0.2, 0) is 11.2 Å². The first-order chi connectivity index (χ1) is 15.5. The molecule has 0 atom stereocenters. The first-order valence-corrected chi connectivity index (χ1v) is 10.9. The summed E-state index contributed by atoms with van der Waals surface area (Å²) in [4.78, 5) is 27.2. The van der Waals surface area contributed by atoms with Gasteiger partial charge in [-0.05, 0) is 74.3 Å². The number of methoxy groups -OCH3 is 3. The number of piperidine rings is 1. The van der Waals surface area contributed by atoms with Gasteiger partial charge in [0.1, 0.15) is 5.75 Å². The summed E-state index contributed by atoms with van der Waals surface area (Å²) >= 11 is 0. The molecule has 0 aromatic heterocycles. The lowest BCUT2D eigenvalue weighted by Gasteiger charge is -2.30. The number of nitrogens with zero attached hydrogens (tertiary/aromatic N) is 1. The van der Waals surface area contributed by atoms with Crippen molar-refractivity contribution in [3.8, 4) is 17.2 Å². The van der Waals surface area contributed by atoms with E-state index in [-0.39, 0.29) is 17.6 Å². The average Bonchev–Trinajstić information content (AvgIpc) is 2.84. The molecule has 32 heavy (non-hydrogen) atoms. The van der Waals surface area contributed by atoms with Gasteiger partial charge in [-0.1, -0.05) is 6.07 Å². The number of hydrogen-bond acceptors (Lipinski definition) is 6. The molecule has 2 aromatic rings. The van der Waals surface area contributed by atoms with Crippen LogP contribution in [0.1, 0.15) is 28.8 Å². The summed E-state index contributed by atoms with van der Waals surface area (Å²) in [6.07, 6.45) is 2.25. The number of carbonyl (C=O) groups is 2. The molecule has 1 aliphatic heterocycles. The predicted octanol–water partition coefficient (Wildman–Crippen LogP) is 2.97. The Kier molecular flexibility index (Phi) is 8.50. The predicted molar refractivity (Wildman–Crippen MR) is 123 cm³/mol. The molecule has 0 unspecified atom stereocenters. The number of likely N-dealkylation sites (tertiary alicyclic amines) is 1. The fourth-order valence-electron chi connectivity index (χ4n) is 3.99. The topological polar surface area (TPSA) is 77.1 Å². The van der Waals surface area contributed by atoms with Crippen molar-refractivity contribution in [2.75, 3.05) is 47.5 Å². The van der Waals surface area contributed by atoms with E-state index in [1.807, 2.05) is 42.5 Å². The Hall–Kier alpha value is -3.06. The van der Waals surface area contributed by atoms with Gasteiger partial charge in [0.2, 0.25) is 5.91 Å². The summed E-state index contributed by atoms with van der Waals surface area (Å²) in [5, 5.41) is 2.98. The minimum absolute atomic E-state index is 0.00501. The number of ether oxygens (including phenoxy) is 3. The molecule has 1 fully saturated rings. The van der Waals surface area contributed by atoms with Crippen molar-refractivity contribution < 1.29 is 23.8 Å². The van der Waals surface area contributed by atoms with Crippen LogP contribution in [0.3, 0.4) is 0 Å². The zero-order valence-electron chi connectivity index (χ0n) is 19.1. The van der Waals surface area contributed by atoms with Crippen LogP contribution in [0.2, 0.25) is 0 Å². The van der Waals surface area contributed by atoms with Gasteiger partial charge in [0.25, 0.3) is 0 Å². The van der Waals surface area contributed by atoms with Gasteiger partial charge >= 0.3 is 0 Å². The number of ketones is 1. The number of rotatable bonds is 10. The second-order valence-electron chi connectivity index (χ2n) is 7.93. The van der Waals surface area contributed by atoms with Gasteiger partial charge in [0.15, 0.2) is 17.3 Å². The zero-order chi connectivity index (χ0) is 22.9. The molecular weight excluding hydrogens is 408 g/mol. The molecule has 1 amide bonds. The highest BCUT2D eigenvalue weighted by atomic mass is 16.5. The molecule has 0 bridgehead atoms. The van der Waals surface area contributed by atoms with Crippen molar-refractivity contribution in [1.29, 1.82) is 0 Å². The smallest absolute Gasteiger partial charge is 0.234 e. The normalized spacial score (nSPS) is 14.6. The molecule has 3 rings (SSSR count). The Bertz CT molecular complexity index is 905. The van der Waals surface area contributed by atoms with E-state index in [0.717, 1.165) is 42.8 Å². The van der Waals surface area contributed by atoms with Crippen molar-refractivity contribution in [3.63, 3.8) is 0 Å². The van der Waals surface area contributed by atoms with Gasteiger partial charge in [0, 0.05) is 18.0 Å². The Morgan fingerprint density at radius 3 is 2.25 bits per heavy atom. The third-order valence-electron chi connectivity index (χ3n) is 5.88. The number of amides is 1. The zero-order valence-corrected chi connectivity index (χ0v) is 19.1. The van der Waals surface area contributed by atoms with Crippen LogP contribution >= 0.6 is 0 Å². The van der Waals surface area contributed by atoms with E-state index >= 15 is 0 Å². The summed E-state index contributed by atoms with van der Waals surface area (Å²) in [7, 11) is 4.83. The SMILES string of the molecule is COc1ccc(C(=O)C2CCN(CC(=O)NCCc3ccc(OC)c(OC)c3)CC2)cc1. The van der Waals surface area contributed by atoms with Gasteiger partial charge in [0.05, 0.1) is 27.9 Å². The Morgan fingerprint density at radius 1 is 0.938 bits per heavy atom. The van der Waals surface area contributed by atoms with Crippen LogP contribution in [-0.4, -0.2) is 64.1 Å². The Labute approximate surface area is 189 Å². The first-order valence-electron chi connectivity index (χ1n) is 10.9. The number of nitrogens with one attached hydrogen (secondary N) is 1.